The summed E-state index contributed by atoms with van der Waals surface area (Å²) in [5, 5.41) is 6.60. The van der Waals surface area contributed by atoms with E-state index in [2.05, 4.69) is 22.8 Å². The molecule has 0 aromatic heterocycles. The highest BCUT2D eigenvalue weighted by Crippen LogP contribution is 2.39. The smallest absolute Gasteiger partial charge is 0.220 e. The summed E-state index contributed by atoms with van der Waals surface area (Å²) in [5.74, 6) is 1.15. The molecule has 2 N–H and O–H groups in total. The Morgan fingerprint density at radius 1 is 1.29 bits per heavy atom. The molecule has 3 aliphatic rings. The Bertz CT molecular complexity index is 541. The van der Waals surface area contributed by atoms with Gasteiger partial charge < -0.3 is 15.4 Å². The maximum atomic E-state index is 12.4. The molecule has 1 saturated heterocycles. The van der Waals surface area contributed by atoms with E-state index in [1.54, 1.807) is 0 Å². The summed E-state index contributed by atoms with van der Waals surface area (Å²) >= 11 is 0. The van der Waals surface area contributed by atoms with Gasteiger partial charge in [-0.1, -0.05) is 18.2 Å². The standard InChI is InChI=1S/C17H22N2O2/c20-16(19-15-7-8-21-17(15)11-5-6-11)9-12-10-18-14-4-2-1-3-13(12)14/h1-4,11-12,15,17-18H,5-10H2,(H,19,20). The first-order chi connectivity index (χ1) is 10.3. The third-order valence-corrected chi connectivity index (χ3v) is 4.94. The molecule has 2 aliphatic heterocycles. The number of ether oxygens (including phenoxy) is 1. The van der Waals surface area contributed by atoms with Crippen LogP contribution in [0.1, 0.15) is 37.2 Å². The van der Waals surface area contributed by atoms with Crippen molar-refractivity contribution < 1.29 is 9.53 Å². The largest absolute Gasteiger partial charge is 0.384 e. The van der Waals surface area contributed by atoms with Crippen LogP contribution >= 0.6 is 0 Å². The van der Waals surface area contributed by atoms with Gasteiger partial charge in [-0.3, -0.25) is 4.79 Å². The first-order valence-corrected chi connectivity index (χ1v) is 8.05. The summed E-state index contributed by atoms with van der Waals surface area (Å²) in [6.45, 7) is 1.65. The van der Waals surface area contributed by atoms with E-state index in [0.29, 0.717) is 18.3 Å². The van der Waals surface area contributed by atoms with Crippen LogP contribution in [0.15, 0.2) is 24.3 Å². The van der Waals surface area contributed by atoms with Crippen molar-refractivity contribution in [2.45, 2.75) is 43.7 Å². The highest BCUT2D eigenvalue weighted by Gasteiger charge is 2.41. The second kappa shape index (κ2) is 5.34. The summed E-state index contributed by atoms with van der Waals surface area (Å²) in [5.41, 5.74) is 2.45. The number of hydrogen-bond donors (Lipinski definition) is 2. The van der Waals surface area contributed by atoms with Crippen LogP contribution in [-0.2, 0) is 9.53 Å². The third kappa shape index (κ3) is 2.64. The van der Waals surface area contributed by atoms with Crippen LogP contribution in [0.25, 0.3) is 0 Å². The molecule has 0 radical (unpaired) electrons. The van der Waals surface area contributed by atoms with E-state index in [1.165, 1.54) is 24.1 Å². The quantitative estimate of drug-likeness (QED) is 0.892. The minimum absolute atomic E-state index is 0.166. The van der Waals surface area contributed by atoms with Gasteiger partial charge in [-0.05, 0) is 36.8 Å². The van der Waals surface area contributed by atoms with Gasteiger partial charge in [0.1, 0.15) is 0 Å². The van der Waals surface area contributed by atoms with Gasteiger partial charge in [0.15, 0.2) is 0 Å². The molecule has 1 aliphatic carbocycles. The molecule has 21 heavy (non-hydrogen) atoms. The van der Waals surface area contributed by atoms with Crippen molar-refractivity contribution >= 4 is 11.6 Å². The molecule has 1 amide bonds. The van der Waals surface area contributed by atoms with Gasteiger partial charge in [0.25, 0.3) is 0 Å². The van der Waals surface area contributed by atoms with Gasteiger partial charge in [-0.15, -0.1) is 0 Å². The van der Waals surface area contributed by atoms with Crippen LogP contribution in [-0.4, -0.2) is 31.2 Å². The fourth-order valence-corrected chi connectivity index (χ4v) is 3.68. The molecule has 3 atom stereocenters. The van der Waals surface area contributed by atoms with E-state index in [4.69, 9.17) is 4.74 Å². The fourth-order valence-electron chi connectivity index (χ4n) is 3.68. The molecule has 3 unspecified atom stereocenters. The van der Waals surface area contributed by atoms with Gasteiger partial charge in [0.2, 0.25) is 5.91 Å². The van der Waals surface area contributed by atoms with E-state index in [1.807, 2.05) is 12.1 Å². The molecule has 4 nitrogen and oxygen atoms in total. The van der Waals surface area contributed by atoms with Crippen molar-refractivity contribution in [2.75, 3.05) is 18.5 Å². The predicted molar refractivity (Wildman–Crippen MR) is 81.3 cm³/mol. The molecule has 1 saturated carbocycles. The zero-order chi connectivity index (χ0) is 14.2. The van der Waals surface area contributed by atoms with Gasteiger partial charge in [0.05, 0.1) is 12.1 Å². The number of carbonyl (C=O) groups is 1. The molecule has 4 rings (SSSR count). The Morgan fingerprint density at radius 3 is 3.00 bits per heavy atom. The molecule has 0 bridgehead atoms. The molecular formula is C17H22N2O2. The zero-order valence-electron chi connectivity index (χ0n) is 12.2. The van der Waals surface area contributed by atoms with E-state index >= 15 is 0 Å². The van der Waals surface area contributed by atoms with E-state index in [9.17, 15) is 4.79 Å². The Hall–Kier alpha value is -1.55. The number of amides is 1. The van der Waals surface area contributed by atoms with Crippen molar-refractivity contribution in [3.63, 3.8) is 0 Å². The van der Waals surface area contributed by atoms with Gasteiger partial charge in [0, 0.05) is 31.2 Å². The monoisotopic (exact) mass is 286 g/mol. The third-order valence-electron chi connectivity index (χ3n) is 4.94. The van der Waals surface area contributed by atoms with Crippen LogP contribution in [0.2, 0.25) is 0 Å². The predicted octanol–water partition coefficient (Wildman–Crippen LogP) is 2.27. The van der Waals surface area contributed by atoms with Crippen molar-refractivity contribution in [1.82, 2.24) is 5.32 Å². The maximum absolute atomic E-state index is 12.4. The molecule has 2 heterocycles. The summed E-state index contributed by atoms with van der Waals surface area (Å²) in [6, 6.07) is 8.52. The second-order valence-corrected chi connectivity index (χ2v) is 6.50. The molecule has 1 aromatic carbocycles. The summed E-state index contributed by atoms with van der Waals surface area (Å²) < 4.78 is 5.79. The number of rotatable bonds is 4. The highest BCUT2D eigenvalue weighted by atomic mass is 16.5. The number of para-hydroxylation sites is 1. The van der Waals surface area contributed by atoms with Crippen LogP contribution in [0, 0.1) is 5.92 Å². The molecule has 0 spiro atoms. The first-order valence-electron chi connectivity index (χ1n) is 8.05. The minimum Gasteiger partial charge on any atom is -0.384 e. The van der Waals surface area contributed by atoms with Gasteiger partial charge >= 0.3 is 0 Å². The lowest BCUT2D eigenvalue weighted by Gasteiger charge is -2.20. The lowest BCUT2D eigenvalue weighted by Crippen LogP contribution is -2.41. The maximum Gasteiger partial charge on any atom is 0.220 e. The molecule has 1 aromatic rings. The Kier molecular flexibility index (Phi) is 3.34. The highest BCUT2D eigenvalue weighted by molar-refractivity contribution is 5.78. The van der Waals surface area contributed by atoms with Gasteiger partial charge in [-0.25, -0.2) is 0 Å². The SMILES string of the molecule is O=C(CC1CNc2ccccc21)NC1CCOC1C1CC1. The molecule has 4 heteroatoms. The molecular weight excluding hydrogens is 264 g/mol. The number of hydrogen-bond acceptors (Lipinski definition) is 3. The average molecular weight is 286 g/mol. The Labute approximate surface area is 125 Å². The fraction of sp³-hybridized carbons (Fsp3) is 0.588. The molecule has 2 fully saturated rings. The zero-order valence-corrected chi connectivity index (χ0v) is 12.2. The van der Waals surface area contributed by atoms with Crippen LogP contribution in [0.4, 0.5) is 5.69 Å². The lowest BCUT2D eigenvalue weighted by atomic mass is 9.97. The number of nitrogens with one attached hydrogen (secondary N) is 2. The molecule has 112 valence electrons. The van der Waals surface area contributed by atoms with Crippen molar-refractivity contribution in [1.29, 1.82) is 0 Å². The Balaban J connectivity index is 1.36. The van der Waals surface area contributed by atoms with Crippen molar-refractivity contribution in [3.8, 4) is 0 Å². The average Bonchev–Trinajstić information content (AvgIpc) is 3.11. The number of anilines is 1. The summed E-state index contributed by atoms with van der Waals surface area (Å²) in [7, 11) is 0. The van der Waals surface area contributed by atoms with Gasteiger partial charge in [-0.2, -0.15) is 0 Å². The second-order valence-electron chi connectivity index (χ2n) is 6.50. The van der Waals surface area contributed by atoms with E-state index in [-0.39, 0.29) is 18.1 Å². The number of carbonyl (C=O) groups excluding carboxylic acids is 1. The summed E-state index contributed by atoms with van der Waals surface area (Å²) in [6.07, 6.45) is 4.32. The topological polar surface area (TPSA) is 50.4 Å². The van der Waals surface area contributed by atoms with Crippen LogP contribution < -0.4 is 10.6 Å². The lowest BCUT2D eigenvalue weighted by molar-refractivity contribution is -0.122. The summed E-state index contributed by atoms with van der Waals surface area (Å²) in [4.78, 5) is 12.4. The van der Waals surface area contributed by atoms with E-state index in [0.717, 1.165) is 19.6 Å². The number of benzene rings is 1. The van der Waals surface area contributed by atoms with Crippen LogP contribution in [0.5, 0.6) is 0 Å². The minimum atomic E-state index is 0.166. The Morgan fingerprint density at radius 2 is 2.14 bits per heavy atom. The van der Waals surface area contributed by atoms with Crippen molar-refractivity contribution in [3.05, 3.63) is 29.8 Å². The normalized spacial score (nSPS) is 30.8. The van der Waals surface area contributed by atoms with Crippen molar-refractivity contribution in [2.24, 2.45) is 5.92 Å². The number of fused-ring (bicyclic) bond motifs is 1. The first kappa shape index (κ1) is 13.1. The van der Waals surface area contributed by atoms with Crippen LogP contribution in [0.3, 0.4) is 0 Å². The van der Waals surface area contributed by atoms with E-state index < -0.39 is 0 Å².